The van der Waals surface area contributed by atoms with Gasteiger partial charge in [0.15, 0.2) is 5.78 Å². The number of hydrogen-bond donors (Lipinski definition) is 0. The minimum atomic E-state index is 0.194. The van der Waals surface area contributed by atoms with Crippen molar-refractivity contribution in [3.05, 3.63) is 11.6 Å². The van der Waals surface area contributed by atoms with Gasteiger partial charge in [-0.3, -0.25) is 4.79 Å². The van der Waals surface area contributed by atoms with Crippen LogP contribution in [0.2, 0.25) is 0 Å². The lowest BCUT2D eigenvalue weighted by Gasteiger charge is -2.19. The van der Waals surface area contributed by atoms with Crippen molar-refractivity contribution in [1.82, 2.24) is 0 Å². The van der Waals surface area contributed by atoms with Crippen LogP contribution in [-0.2, 0) is 4.79 Å². The predicted octanol–water partition coefficient (Wildman–Crippen LogP) is 3.84. The average molecular weight is 196 g/mol. The lowest BCUT2D eigenvalue weighted by molar-refractivity contribution is -0.113. The molecule has 0 aromatic heterocycles. The van der Waals surface area contributed by atoms with E-state index in [1.165, 1.54) is 6.42 Å². The van der Waals surface area contributed by atoms with Crippen LogP contribution < -0.4 is 0 Å². The van der Waals surface area contributed by atoms with E-state index in [4.69, 9.17) is 0 Å². The quantitative estimate of drug-likeness (QED) is 0.611. The fourth-order valence-corrected chi connectivity index (χ4v) is 1.52. The van der Waals surface area contributed by atoms with Gasteiger partial charge in [0.05, 0.1) is 0 Å². The smallest absolute Gasteiger partial charge is 0.155 e. The summed E-state index contributed by atoms with van der Waals surface area (Å²) in [4.78, 5) is 11.1. The van der Waals surface area contributed by atoms with E-state index in [1.54, 1.807) is 6.92 Å². The first-order chi connectivity index (χ1) is 6.34. The van der Waals surface area contributed by atoms with Crippen LogP contribution in [0.3, 0.4) is 0 Å². The highest BCUT2D eigenvalue weighted by Crippen LogP contribution is 2.22. The van der Waals surface area contributed by atoms with Gasteiger partial charge in [0.2, 0.25) is 0 Å². The van der Waals surface area contributed by atoms with Crippen LogP contribution in [0.5, 0.6) is 0 Å². The molecule has 0 aliphatic carbocycles. The second kappa shape index (κ2) is 6.00. The van der Waals surface area contributed by atoms with Gasteiger partial charge in [0.25, 0.3) is 0 Å². The molecule has 0 amide bonds. The number of ketones is 1. The van der Waals surface area contributed by atoms with Gasteiger partial charge in [-0.2, -0.15) is 0 Å². The van der Waals surface area contributed by atoms with E-state index in [9.17, 15) is 4.79 Å². The summed E-state index contributed by atoms with van der Waals surface area (Å²) >= 11 is 0. The molecule has 0 aromatic carbocycles. The van der Waals surface area contributed by atoms with Gasteiger partial charge in [-0.05, 0) is 43.6 Å². The van der Waals surface area contributed by atoms with E-state index in [0.717, 1.165) is 5.57 Å². The van der Waals surface area contributed by atoms with E-state index >= 15 is 0 Å². The zero-order chi connectivity index (χ0) is 11.3. The van der Waals surface area contributed by atoms with Gasteiger partial charge in [-0.25, -0.2) is 0 Å². The molecular formula is C13H24O. The fraction of sp³-hybridized carbons (Fsp3) is 0.769. The third kappa shape index (κ3) is 5.21. The van der Waals surface area contributed by atoms with E-state index in [-0.39, 0.29) is 5.78 Å². The molecule has 0 rings (SSSR count). The Balaban J connectivity index is 4.51. The Hall–Kier alpha value is -0.590. The Morgan fingerprint density at radius 2 is 1.64 bits per heavy atom. The van der Waals surface area contributed by atoms with E-state index < -0.39 is 0 Å². The standard InChI is InChI=1S/C13H24O/c1-9(2)7-13(10(3)4)8-11(5)12(6)14/h8-10,13H,7H2,1-6H3/b11-8+/t13-/m0/s1. The Bertz CT molecular complexity index is 211. The Kier molecular flexibility index (Phi) is 5.75. The van der Waals surface area contributed by atoms with Crippen LogP contribution in [0.15, 0.2) is 11.6 Å². The lowest BCUT2D eigenvalue weighted by atomic mass is 9.86. The van der Waals surface area contributed by atoms with Crippen LogP contribution in [0.1, 0.15) is 48.0 Å². The molecule has 0 spiro atoms. The first-order valence-corrected chi connectivity index (χ1v) is 5.54. The average Bonchev–Trinajstić information content (AvgIpc) is 2.01. The summed E-state index contributed by atoms with van der Waals surface area (Å²) in [6.45, 7) is 12.4. The first-order valence-electron chi connectivity index (χ1n) is 5.54. The first kappa shape index (κ1) is 13.4. The monoisotopic (exact) mass is 196 g/mol. The summed E-state index contributed by atoms with van der Waals surface area (Å²) < 4.78 is 0. The SMILES string of the molecule is CC(=O)/C(C)=C/[C@H](CC(C)C)C(C)C. The minimum absolute atomic E-state index is 0.194. The molecule has 0 aliphatic rings. The number of Topliss-reactive ketones (excluding diaryl/α,β-unsaturated/α-hetero) is 1. The zero-order valence-electron chi connectivity index (χ0n) is 10.4. The van der Waals surface area contributed by atoms with Gasteiger partial charge in [0, 0.05) is 0 Å². The van der Waals surface area contributed by atoms with Crippen molar-refractivity contribution >= 4 is 5.78 Å². The van der Waals surface area contributed by atoms with Crippen LogP contribution in [0.25, 0.3) is 0 Å². The van der Waals surface area contributed by atoms with Gasteiger partial charge < -0.3 is 0 Å². The maximum absolute atomic E-state index is 11.1. The maximum atomic E-state index is 11.1. The molecule has 82 valence electrons. The molecule has 0 saturated carbocycles. The lowest BCUT2D eigenvalue weighted by Crippen LogP contribution is -2.10. The number of rotatable bonds is 5. The van der Waals surface area contributed by atoms with Crippen LogP contribution in [0, 0.1) is 17.8 Å². The molecule has 0 radical (unpaired) electrons. The molecule has 0 fully saturated rings. The number of allylic oxidation sites excluding steroid dienone is 2. The van der Waals surface area contributed by atoms with Crippen molar-refractivity contribution in [2.75, 3.05) is 0 Å². The van der Waals surface area contributed by atoms with E-state index in [0.29, 0.717) is 17.8 Å². The van der Waals surface area contributed by atoms with E-state index in [1.807, 2.05) is 6.92 Å². The molecule has 0 heterocycles. The van der Waals surface area contributed by atoms with Crippen molar-refractivity contribution in [2.24, 2.45) is 17.8 Å². The number of carbonyl (C=O) groups is 1. The second-order valence-electron chi connectivity index (χ2n) is 4.94. The Morgan fingerprint density at radius 1 is 1.14 bits per heavy atom. The van der Waals surface area contributed by atoms with Gasteiger partial charge in [-0.1, -0.05) is 33.8 Å². The highest BCUT2D eigenvalue weighted by molar-refractivity contribution is 5.92. The summed E-state index contributed by atoms with van der Waals surface area (Å²) in [6, 6.07) is 0. The molecule has 0 saturated heterocycles. The third-order valence-corrected chi connectivity index (χ3v) is 2.62. The van der Waals surface area contributed by atoms with Gasteiger partial charge >= 0.3 is 0 Å². The Labute approximate surface area is 88.6 Å². The summed E-state index contributed by atoms with van der Waals surface area (Å²) in [7, 11) is 0. The van der Waals surface area contributed by atoms with Crippen LogP contribution in [-0.4, -0.2) is 5.78 Å². The molecule has 0 aliphatic heterocycles. The molecule has 0 aromatic rings. The van der Waals surface area contributed by atoms with E-state index in [2.05, 4.69) is 33.8 Å². The molecule has 1 heteroatoms. The van der Waals surface area contributed by atoms with Crippen molar-refractivity contribution < 1.29 is 4.79 Å². The molecule has 1 atom stereocenters. The molecule has 1 nitrogen and oxygen atoms in total. The number of carbonyl (C=O) groups excluding carboxylic acids is 1. The van der Waals surface area contributed by atoms with Crippen molar-refractivity contribution in [2.45, 2.75) is 48.0 Å². The summed E-state index contributed by atoms with van der Waals surface area (Å²) in [5.41, 5.74) is 0.907. The third-order valence-electron chi connectivity index (χ3n) is 2.62. The largest absolute Gasteiger partial charge is 0.295 e. The predicted molar refractivity (Wildman–Crippen MR) is 62.2 cm³/mol. The molecular weight excluding hydrogens is 172 g/mol. The fourth-order valence-electron chi connectivity index (χ4n) is 1.52. The van der Waals surface area contributed by atoms with Gasteiger partial charge in [0.1, 0.15) is 0 Å². The molecule has 0 N–H and O–H groups in total. The minimum Gasteiger partial charge on any atom is -0.295 e. The maximum Gasteiger partial charge on any atom is 0.155 e. The summed E-state index contributed by atoms with van der Waals surface area (Å²) in [5, 5.41) is 0. The summed E-state index contributed by atoms with van der Waals surface area (Å²) in [6.07, 6.45) is 3.31. The highest BCUT2D eigenvalue weighted by atomic mass is 16.1. The topological polar surface area (TPSA) is 17.1 Å². The normalized spacial score (nSPS) is 15.0. The second-order valence-corrected chi connectivity index (χ2v) is 4.94. The molecule has 0 bridgehead atoms. The van der Waals surface area contributed by atoms with Gasteiger partial charge in [-0.15, -0.1) is 0 Å². The van der Waals surface area contributed by atoms with Crippen molar-refractivity contribution in [3.63, 3.8) is 0 Å². The van der Waals surface area contributed by atoms with Crippen molar-refractivity contribution in [1.29, 1.82) is 0 Å². The Morgan fingerprint density at radius 3 is 1.93 bits per heavy atom. The summed E-state index contributed by atoms with van der Waals surface area (Å²) in [5.74, 6) is 2.04. The number of hydrogen-bond acceptors (Lipinski definition) is 1. The highest BCUT2D eigenvalue weighted by Gasteiger charge is 2.13. The van der Waals surface area contributed by atoms with Crippen LogP contribution >= 0.6 is 0 Å². The van der Waals surface area contributed by atoms with Crippen LogP contribution in [0.4, 0.5) is 0 Å². The molecule has 0 unspecified atom stereocenters. The zero-order valence-corrected chi connectivity index (χ0v) is 10.4. The molecule has 14 heavy (non-hydrogen) atoms. The van der Waals surface area contributed by atoms with Crippen molar-refractivity contribution in [3.8, 4) is 0 Å².